The smallest absolute Gasteiger partial charge is 0.254 e. The molecule has 2 aliphatic heterocycles. The summed E-state index contributed by atoms with van der Waals surface area (Å²) >= 11 is 0. The van der Waals surface area contributed by atoms with Gasteiger partial charge in [0.2, 0.25) is 0 Å². The highest BCUT2D eigenvalue weighted by Crippen LogP contribution is 2.27. The fraction of sp³-hybridized carbons (Fsp3) is 0.481. The molecule has 184 valence electrons. The van der Waals surface area contributed by atoms with Gasteiger partial charge in [-0.1, -0.05) is 42.5 Å². The molecular weight excluding hydrogens is 539 g/mol. The molecule has 6 nitrogen and oxygen atoms in total. The average molecular weight is 577 g/mol. The largest absolute Gasteiger partial charge is 0.372 e. The highest BCUT2D eigenvalue weighted by molar-refractivity contribution is 14.0. The van der Waals surface area contributed by atoms with Crippen LogP contribution >= 0.6 is 24.0 Å². The number of hydrogen-bond donors (Lipinski definition) is 1. The molecule has 3 unspecified atom stereocenters. The zero-order valence-electron chi connectivity index (χ0n) is 20.4. The summed E-state index contributed by atoms with van der Waals surface area (Å²) in [5.74, 6) is 1.59. The predicted octanol–water partition coefficient (Wildman–Crippen LogP) is 4.51. The molecule has 0 radical (unpaired) electrons. The van der Waals surface area contributed by atoms with Crippen LogP contribution in [-0.4, -0.2) is 66.6 Å². The van der Waals surface area contributed by atoms with E-state index in [4.69, 9.17) is 9.73 Å². The fourth-order valence-corrected chi connectivity index (χ4v) is 4.82. The van der Waals surface area contributed by atoms with Crippen molar-refractivity contribution in [1.82, 2.24) is 15.1 Å². The number of rotatable bonds is 5. The average Bonchev–Trinajstić information content (AvgIpc) is 3.32. The lowest BCUT2D eigenvalue weighted by molar-refractivity contribution is -0.0586. The topological polar surface area (TPSA) is 57.2 Å². The molecule has 2 aromatic carbocycles. The van der Waals surface area contributed by atoms with Crippen LogP contribution in [0.25, 0.3) is 0 Å². The van der Waals surface area contributed by atoms with Crippen molar-refractivity contribution in [2.45, 2.75) is 51.9 Å². The minimum atomic E-state index is 0. The van der Waals surface area contributed by atoms with Crippen molar-refractivity contribution in [2.24, 2.45) is 4.99 Å². The van der Waals surface area contributed by atoms with Gasteiger partial charge in [-0.2, -0.15) is 0 Å². The number of aliphatic imine (C=N–C) groups is 1. The first-order valence-electron chi connectivity index (χ1n) is 12.2. The first-order valence-corrected chi connectivity index (χ1v) is 12.2. The molecule has 0 aliphatic carbocycles. The van der Waals surface area contributed by atoms with Gasteiger partial charge in [0.1, 0.15) is 0 Å². The Kier molecular flexibility index (Phi) is 9.76. The van der Waals surface area contributed by atoms with Crippen LogP contribution in [0.2, 0.25) is 0 Å². The first kappa shape index (κ1) is 26.5. The van der Waals surface area contributed by atoms with Gasteiger partial charge in [-0.3, -0.25) is 4.79 Å². The maximum atomic E-state index is 12.9. The lowest BCUT2D eigenvalue weighted by Gasteiger charge is -2.35. The number of carbonyl (C=O) groups is 1. The van der Waals surface area contributed by atoms with Crippen molar-refractivity contribution in [1.29, 1.82) is 0 Å². The molecule has 2 aliphatic rings. The van der Waals surface area contributed by atoms with Crippen molar-refractivity contribution in [3.05, 3.63) is 71.3 Å². The van der Waals surface area contributed by atoms with E-state index in [0.717, 1.165) is 43.1 Å². The van der Waals surface area contributed by atoms with Gasteiger partial charge >= 0.3 is 0 Å². The van der Waals surface area contributed by atoms with Crippen LogP contribution in [0.15, 0.2) is 59.6 Å². The van der Waals surface area contributed by atoms with Gasteiger partial charge in [0.15, 0.2) is 5.96 Å². The molecule has 1 N–H and O–H groups in total. The lowest BCUT2D eigenvalue weighted by Crippen LogP contribution is -2.48. The molecule has 2 aromatic rings. The third-order valence-electron chi connectivity index (χ3n) is 6.41. The van der Waals surface area contributed by atoms with Gasteiger partial charge in [-0.25, -0.2) is 4.99 Å². The number of nitrogens with one attached hydrogen (secondary N) is 1. The van der Waals surface area contributed by atoms with Crippen LogP contribution in [0.3, 0.4) is 0 Å². The van der Waals surface area contributed by atoms with Crippen LogP contribution in [0, 0.1) is 0 Å². The van der Waals surface area contributed by atoms with Crippen LogP contribution in [0.4, 0.5) is 0 Å². The lowest BCUT2D eigenvalue weighted by atomic mass is 9.99. The highest BCUT2D eigenvalue weighted by Gasteiger charge is 2.27. The summed E-state index contributed by atoms with van der Waals surface area (Å²) in [7, 11) is 0. The van der Waals surface area contributed by atoms with E-state index in [1.54, 1.807) is 0 Å². The number of likely N-dealkylation sites (tertiary alicyclic amines) is 1. The number of carbonyl (C=O) groups excluding carboxylic acids is 1. The maximum Gasteiger partial charge on any atom is 0.254 e. The first-order chi connectivity index (χ1) is 16.0. The fourth-order valence-electron chi connectivity index (χ4n) is 4.82. The Labute approximate surface area is 220 Å². The number of hydrogen-bond acceptors (Lipinski definition) is 3. The molecular formula is C27H37IN4O2. The molecule has 0 spiro atoms. The summed E-state index contributed by atoms with van der Waals surface area (Å²) < 4.78 is 5.75. The van der Waals surface area contributed by atoms with E-state index in [2.05, 4.69) is 47.5 Å². The Bertz CT molecular complexity index is 941. The molecule has 0 bridgehead atoms. The van der Waals surface area contributed by atoms with Crippen molar-refractivity contribution in [3.8, 4) is 0 Å². The van der Waals surface area contributed by atoms with E-state index >= 15 is 0 Å². The number of halogens is 1. The van der Waals surface area contributed by atoms with Crippen molar-refractivity contribution in [2.75, 3.05) is 32.7 Å². The third kappa shape index (κ3) is 6.72. The number of nitrogens with zero attached hydrogens (tertiary/aromatic N) is 3. The zero-order chi connectivity index (χ0) is 23.2. The van der Waals surface area contributed by atoms with E-state index in [0.29, 0.717) is 25.6 Å². The summed E-state index contributed by atoms with van der Waals surface area (Å²) in [5.41, 5.74) is 3.23. The number of amides is 1. The van der Waals surface area contributed by atoms with Gasteiger partial charge in [0.25, 0.3) is 5.91 Å². The van der Waals surface area contributed by atoms with E-state index in [1.165, 1.54) is 5.56 Å². The Morgan fingerprint density at radius 1 is 1.00 bits per heavy atom. The summed E-state index contributed by atoms with van der Waals surface area (Å²) in [6.45, 7) is 10.8. The minimum absolute atomic E-state index is 0. The molecule has 2 saturated heterocycles. The van der Waals surface area contributed by atoms with Crippen LogP contribution in [-0.2, 0) is 11.3 Å². The van der Waals surface area contributed by atoms with Crippen molar-refractivity contribution >= 4 is 35.8 Å². The molecule has 34 heavy (non-hydrogen) atoms. The second-order valence-corrected chi connectivity index (χ2v) is 9.18. The predicted molar refractivity (Wildman–Crippen MR) is 148 cm³/mol. The molecule has 7 heteroatoms. The maximum absolute atomic E-state index is 12.9. The Morgan fingerprint density at radius 2 is 1.68 bits per heavy atom. The second kappa shape index (κ2) is 12.5. The zero-order valence-corrected chi connectivity index (χ0v) is 22.8. The van der Waals surface area contributed by atoms with E-state index in [1.807, 2.05) is 43.0 Å². The molecule has 4 rings (SSSR count). The number of morpholine rings is 1. The molecule has 2 fully saturated rings. The molecule has 2 heterocycles. The molecule has 3 atom stereocenters. The SMILES string of the molecule is CCNC(=NCc1ccc(C(=O)N2CC(C)OC(C)C2)cc1)N1CCC(c2ccccc2)C1.I. The monoisotopic (exact) mass is 576 g/mol. The van der Waals surface area contributed by atoms with Crippen LogP contribution < -0.4 is 5.32 Å². The Hall–Kier alpha value is -2.13. The molecule has 1 amide bonds. The number of ether oxygens (including phenoxy) is 1. The number of benzene rings is 2. The molecule has 0 aromatic heterocycles. The minimum Gasteiger partial charge on any atom is -0.372 e. The van der Waals surface area contributed by atoms with E-state index in [9.17, 15) is 4.79 Å². The van der Waals surface area contributed by atoms with Gasteiger partial charge < -0.3 is 19.9 Å². The summed E-state index contributed by atoms with van der Waals surface area (Å²) in [5, 5.41) is 3.45. The number of guanidine groups is 1. The van der Waals surface area contributed by atoms with Crippen molar-refractivity contribution in [3.63, 3.8) is 0 Å². The quantitative estimate of drug-likeness (QED) is 0.324. The summed E-state index contributed by atoms with van der Waals surface area (Å²) in [4.78, 5) is 22.1. The third-order valence-corrected chi connectivity index (χ3v) is 6.41. The normalized spacial score (nSPS) is 22.9. The van der Waals surface area contributed by atoms with Gasteiger partial charge in [-0.05, 0) is 50.5 Å². The highest BCUT2D eigenvalue weighted by atomic mass is 127. The summed E-state index contributed by atoms with van der Waals surface area (Å²) in [6.07, 6.45) is 1.29. The van der Waals surface area contributed by atoms with E-state index in [-0.39, 0.29) is 42.1 Å². The van der Waals surface area contributed by atoms with E-state index < -0.39 is 0 Å². The standard InChI is InChI=1S/C27H36N4O2.HI/c1-4-28-27(30-15-14-25(19-30)23-8-6-5-7-9-23)29-16-22-10-12-24(13-11-22)26(32)31-17-20(2)33-21(3)18-31;/h5-13,20-21,25H,4,14-19H2,1-3H3,(H,28,29);1H. The molecule has 0 saturated carbocycles. The second-order valence-electron chi connectivity index (χ2n) is 9.18. The van der Waals surface area contributed by atoms with Crippen LogP contribution in [0.1, 0.15) is 54.6 Å². The van der Waals surface area contributed by atoms with Gasteiger partial charge in [-0.15, -0.1) is 24.0 Å². The van der Waals surface area contributed by atoms with Gasteiger partial charge in [0.05, 0.1) is 18.8 Å². The summed E-state index contributed by atoms with van der Waals surface area (Å²) in [6, 6.07) is 18.6. The Balaban J connectivity index is 0.00000324. The van der Waals surface area contributed by atoms with Crippen molar-refractivity contribution < 1.29 is 9.53 Å². The van der Waals surface area contributed by atoms with Gasteiger partial charge in [0, 0.05) is 44.2 Å². The Morgan fingerprint density at radius 3 is 2.32 bits per heavy atom. The van der Waals surface area contributed by atoms with Crippen LogP contribution in [0.5, 0.6) is 0 Å².